The van der Waals surface area contributed by atoms with Gasteiger partial charge in [-0.1, -0.05) is 17.7 Å². The third kappa shape index (κ3) is 4.45. The second-order valence-electron chi connectivity index (χ2n) is 5.42. The topological polar surface area (TPSA) is 92.7 Å². The molecule has 0 fully saturated rings. The summed E-state index contributed by atoms with van der Waals surface area (Å²) in [6.45, 7) is 1.46. The molecule has 2 rings (SSSR count). The van der Waals surface area contributed by atoms with Crippen molar-refractivity contribution in [3.05, 3.63) is 52.0 Å². The molecule has 2 aromatic rings. The van der Waals surface area contributed by atoms with Crippen LogP contribution in [0.4, 0.5) is 18.9 Å². The maximum atomic E-state index is 13.1. The van der Waals surface area contributed by atoms with Crippen molar-refractivity contribution < 1.29 is 36.2 Å². The number of carbonyl (C=O) groups is 1. The van der Waals surface area contributed by atoms with Crippen LogP contribution in [0.25, 0.3) is 0 Å². The zero-order valence-corrected chi connectivity index (χ0v) is 15.5. The number of aryl methyl sites for hydroxylation is 1. The Balaban J connectivity index is 2.64. The fourth-order valence-corrected chi connectivity index (χ4v) is 3.79. The fourth-order valence-electron chi connectivity index (χ4n) is 2.23. The predicted octanol–water partition coefficient (Wildman–Crippen LogP) is 3.96. The van der Waals surface area contributed by atoms with Gasteiger partial charge in [-0.15, -0.1) is 0 Å². The number of hydrogen-bond donors (Lipinski definition) is 2. The lowest BCUT2D eigenvalue weighted by atomic mass is 10.1. The second kappa shape index (κ2) is 7.28. The van der Waals surface area contributed by atoms with Crippen LogP contribution in [-0.2, 0) is 20.9 Å². The second-order valence-corrected chi connectivity index (χ2v) is 7.51. The van der Waals surface area contributed by atoms with Gasteiger partial charge in [0, 0.05) is 5.02 Å². The molecule has 0 aliphatic heterocycles. The van der Waals surface area contributed by atoms with Crippen molar-refractivity contribution >= 4 is 33.3 Å². The van der Waals surface area contributed by atoms with Crippen LogP contribution in [0.5, 0.6) is 5.75 Å². The van der Waals surface area contributed by atoms with Crippen LogP contribution in [0.2, 0.25) is 5.02 Å². The van der Waals surface area contributed by atoms with E-state index in [-0.39, 0.29) is 15.5 Å². The van der Waals surface area contributed by atoms with Crippen LogP contribution >= 0.6 is 11.6 Å². The quantitative estimate of drug-likeness (QED) is 0.573. The van der Waals surface area contributed by atoms with Gasteiger partial charge in [0.05, 0.1) is 23.3 Å². The number of hydrogen-bond acceptors (Lipinski definition) is 5. The monoisotopic (exact) mass is 423 g/mol. The highest BCUT2D eigenvalue weighted by atomic mass is 35.5. The zero-order valence-electron chi connectivity index (χ0n) is 13.9. The van der Waals surface area contributed by atoms with Gasteiger partial charge in [-0.2, -0.15) is 13.2 Å². The summed E-state index contributed by atoms with van der Waals surface area (Å²) in [4.78, 5) is 11.3. The average molecular weight is 424 g/mol. The molecular formula is C16H13ClF3NO5S. The number of alkyl halides is 3. The molecule has 11 heteroatoms. The number of phenols is 1. The van der Waals surface area contributed by atoms with Crippen molar-refractivity contribution in [2.45, 2.75) is 18.0 Å². The van der Waals surface area contributed by atoms with E-state index in [2.05, 4.69) is 4.74 Å². The smallest absolute Gasteiger partial charge is 0.420 e. The molecule has 6 nitrogen and oxygen atoms in total. The third-order valence-corrected chi connectivity index (χ3v) is 5.26. The maximum absolute atomic E-state index is 13.1. The van der Waals surface area contributed by atoms with Crippen molar-refractivity contribution in [2.75, 3.05) is 11.8 Å². The number of carbonyl (C=O) groups excluding carboxylic acids is 1. The van der Waals surface area contributed by atoms with Crippen LogP contribution in [0.3, 0.4) is 0 Å². The van der Waals surface area contributed by atoms with Gasteiger partial charge in [0.2, 0.25) is 0 Å². The average Bonchev–Trinajstić information content (AvgIpc) is 2.56. The molecule has 0 heterocycles. The van der Waals surface area contributed by atoms with E-state index in [1.165, 1.54) is 19.1 Å². The minimum Gasteiger partial charge on any atom is -0.505 e. The lowest BCUT2D eigenvalue weighted by Crippen LogP contribution is -2.17. The first-order valence-corrected chi connectivity index (χ1v) is 9.04. The van der Waals surface area contributed by atoms with Gasteiger partial charge in [-0.05, 0) is 36.8 Å². The normalized spacial score (nSPS) is 11.9. The standard InChI is InChI=1S/C16H13ClF3NO5S/c1-8-3-4-10(17)7-13(8)27(24,25)21-12-6-9(15(23)26-2)5-11(14(12)22)16(18,19)20/h3-7,21-22H,1-2H3. The van der Waals surface area contributed by atoms with Gasteiger partial charge >= 0.3 is 12.1 Å². The van der Waals surface area contributed by atoms with Gasteiger partial charge in [0.1, 0.15) is 5.56 Å². The Kier molecular flexibility index (Phi) is 5.62. The number of ether oxygens (including phenoxy) is 1. The van der Waals surface area contributed by atoms with Gasteiger partial charge in [0.25, 0.3) is 10.0 Å². The Labute approximate surface area is 157 Å². The highest BCUT2D eigenvalue weighted by molar-refractivity contribution is 7.92. The van der Waals surface area contributed by atoms with E-state index in [0.29, 0.717) is 6.07 Å². The molecule has 27 heavy (non-hydrogen) atoms. The summed E-state index contributed by atoms with van der Waals surface area (Å²) in [7, 11) is -3.47. The van der Waals surface area contributed by atoms with Crippen molar-refractivity contribution in [1.29, 1.82) is 0 Å². The number of aromatic hydroxyl groups is 1. The first kappa shape index (κ1) is 20.8. The fraction of sp³-hybridized carbons (Fsp3) is 0.188. The predicted molar refractivity (Wildman–Crippen MR) is 91.4 cm³/mol. The van der Waals surface area contributed by atoms with E-state index < -0.39 is 44.7 Å². The molecule has 2 aromatic carbocycles. The summed E-state index contributed by atoms with van der Waals surface area (Å²) in [5.41, 5.74) is -2.75. The lowest BCUT2D eigenvalue weighted by molar-refractivity contribution is -0.138. The molecule has 146 valence electrons. The first-order chi connectivity index (χ1) is 12.4. The summed E-state index contributed by atoms with van der Waals surface area (Å²) in [6.07, 6.45) is -5.04. The van der Waals surface area contributed by atoms with E-state index in [9.17, 15) is 31.5 Å². The van der Waals surface area contributed by atoms with E-state index in [0.717, 1.165) is 19.2 Å². The minimum absolute atomic E-state index is 0.0875. The van der Waals surface area contributed by atoms with Crippen molar-refractivity contribution in [3.63, 3.8) is 0 Å². The number of rotatable bonds is 4. The zero-order chi connectivity index (χ0) is 20.6. The van der Waals surface area contributed by atoms with Crippen molar-refractivity contribution in [2.24, 2.45) is 0 Å². The van der Waals surface area contributed by atoms with Crippen LogP contribution in [0.1, 0.15) is 21.5 Å². The van der Waals surface area contributed by atoms with E-state index in [1.807, 2.05) is 4.72 Å². The van der Waals surface area contributed by atoms with Crippen molar-refractivity contribution in [1.82, 2.24) is 0 Å². The molecule has 0 bridgehead atoms. The number of nitrogens with one attached hydrogen (secondary N) is 1. The highest BCUT2D eigenvalue weighted by Crippen LogP contribution is 2.41. The number of esters is 1. The number of methoxy groups -OCH3 is 1. The van der Waals surface area contributed by atoms with Crippen LogP contribution in [0, 0.1) is 6.92 Å². The largest absolute Gasteiger partial charge is 0.505 e. The minimum atomic E-state index is -5.04. The molecule has 0 aliphatic rings. The summed E-state index contributed by atoms with van der Waals surface area (Å²) >= 11 is 5.78. The number of benzene rings is 2. The van der Waals surface area contributed by atoms with Gasteiger partial charge in [-0.25, -0.2) is 13.2 Å². The van der Waals surface area contributed by atoms with Crippen LogP contribution in [0.15, 0.2) is 35.2 Å². The summed E-state index contributed by atoms with van der Waals surface area (Å²) < 4.78 is 70.8. The highest BCUT2D eigenvalue weighted by Gasteiger charge is 2.37. The molecule has 0 spiro atoms. The Hall–Kier alpha value is -2.46. The number of halogens is 4. The molecule has 2 N–H and O–H groups in total. The molecule has 0 amide bonds. The Bertz CT molecular complexity index is 1010. The number of phenolic OH excluding ortho intramolecular Hbond substituents is 1. The van der Waals surface area contributed by atoms with Gasteiger partial charge < -0.3 is 9.84 Å². The molecule has 0 atom stereocenters. The Morgan fingerprint density at radius 3 is 2.41 bits per heavy atom. The summed E-state index contributed by atoms with van der Waals surface area (Å²) in [6, 6.07) is 5.05. The molecular weight excluding hydrogens is 411 g/mol. The summed E-state index contributed by atoms with van der Waals surface area (Å²) in [5.74, 6) is -2.52. The molecule has 0 aliphatic carbocycles. The molecule has 0 saturated heterocycles. The van der Waals surface area contributed by atoms with E-state index in [1.54, 1.807) is 0 Å². The molecule has 0 aromatic heterocycles. The number of anilines is 1. The van der Waals surface area contributed by atoms with Crippen LogP contribution in [-0.4, -0.2) is 26.6 Å². The van der Waals surface area contributed by atoms with Crippen molar-refractivity contribution in [3.8, 4) is 5.75 Å². The van der Waals surface area contributed by atoms with E-state index >= 15 is 0 Å². The van der Waals surface area contributed by atoms with Crippen LogP contribution < -0.4 is 4.72 Å². The Morgan fingerprint density at radius 1 is 1.22 bits per heavy atom. The van der Waals surface area contributed by atoms with E-state index in [4.69, 9.17) is 11.6 Å². The third-order valence-electron chi connectivity index (χ3n) is 3.52. The van der Waals surface area contributed by atoms with Gasteiger partial charge in [0.15, 0.2) is 5.75 Å². The first-order valence-electron chi connectivity index (χ1n) is 7.18. The summed E-state index contributed by atoms with van der Waals surface area (Å²) in [5, 5.41) is 10.00. The lowest BCUT2D eigenvalue weighted by Gasteiger charge is -2.16. The molecule has 0 unspecified atom stereocenters. The SMILES string of the molecule is COC(=O)c1cc(NS(=O)(=O)c2cc(Cl)ccc2C)c(O)c(C(F)(F)F)c1. The number of sulfonamides is 1. The van der Waals surface area contributed by atoms with Gasteiger partial charge in [-0.3, -0.25) is 4.72 Å². The molecule has 0 saturated carbocycles. The maximum Gasteiger partial charge on any atom is 0.420 e. The molecule has 0 radical (unpaired) electrons. The Morgan fingerprint density at radius 2 is 1.85 bits per heavy atom.